The van der Waals surface area contributed by atoms with Crippen molar-refractivity contribution in [3.63, 3.8) is 0 Å². The minimum atomic E-state index is 0.409. The van der Waals surface area contributed by atoms with E-state index in [0.717, 1.165) is 25.2 Å². The molecule has 3 heterocycles. The molecule has 0 spiro atoms. The molecule has 15 heavy (non-hydrogen) atoms. The minimum absolute atomic E-state index is 0.409. The molecule has 2 aliphatic rings. The second-order valence-corrected chi connectivity index (χ2v) is 4.35. The molecule has 2 fully saturated rings. The molecule has 0 radical (unpaired) electrons. The summed E-state index contributed by atoms with van der Waals surface area (Å²) < 4.78 is 4.71. The molecule has 3 rings (SSSR count). The second-order valence-electron chi connectivity index (χ2n) is 4.35. The monoisotopic (exact) mass is 207 g/mol. The Morgan fingerprint density at radius 3 is 2.73 bits per heavy atom. The van der Waals surface area contributed by atoms with Crippen LogP contribution in [0.25, 0.3) is 0 Å². The minimum Gasteiger partial charge on any atom is -0.343 e. The van der Waals surface area contributed by atoms with Gasteiger partial charge in [-0.05, 0) is 12.8 Å². The van der Waals surface area contributed by atoms with E-state index in [0.29, 0.717) is 30.7 Å². The van der Waals surface area contributed by atoms with Crippen molar-refractivity contribution < 1.29 is 9.32 Å². The lowest BCUT2D eigenvalue weighted by molar-refractivity contribution is -0.123. The molecule has 2 aliphatic heterocycles. The molecule has 1 aromatic heterocycles. The first-order chi connectivity index (χ1) is 7.33. The molecule has 0 aromatic carbocycles. The molecular formula is C10H13N3O2. The van der Waals surface area contributed by atoms with E-state index in [1.54, 1.807) is 0 Å². The Balaban J connectivity index is 1.75. The molecule has 80 valence electrons. The van der Waals surface area contributed by atoms with Gasteiger partial charge in [-0.3, -0.25) is 9.69 Å². The summed E-state index contributed by atoms with van der Waals surface area (Å²) in [6.07, 6.45) is 5.03. The largest absolute Gasteiger partial charge is 0.343 e. The Hall–Kier alpha value is -1.23. The zero-order valence-corrected chi connectivity index (χ0v) is 8.43. The zero-order chi connectivity index (χ0) is 10.3. The summed E-state index contributed by atoms with van der Waals surface area (Å²) >= 11 is 0. The van der Waals surface area contributed by atoms with Gasteiger partial charge in [0.05, 0.1) is 6.54 Å². The fourth-order valence-corrected chi connectivity index (χ4v) is 2.75. The number of nitrogens with zero attached hydrogens (tertiary/aromatic N) is 3. The summed E-state index contributed by atoms with van der Waals surface area (Å²) in [7, 11) is 0. The molecular weight excluding hydrogens is 194 g/mol. The van der Waals surface area contributed by atoms with Crippen molar-refractivity contribution in [1.29, 1.82) is 0 Å². The Kier molecular flexibility index (Phi) is 2.05. The fraction of sp³-hybridized carbons (Fsp3) is 0.700. The van der Waals surface area contributed by atoms with Crippen molar-refractivity contribution in [2.24, 2.45) is 0 Å². The molecule has 0 aliphatic carbocycles. The van der Waals surface area contributed by atoms with E-state index in [1.165, 1.54) is 6.39 Å². The second kappa shape index (κ2) is 3.41. The van der Waals surface area contributed by atoms with Crippen LogP contribution in [0.3, 0.4) is 0 Å². The van der Waals surface area contributed by atoms with Crippen LogP contribution in [-0.4, -0.2) is 32.9 Å². The van der Waals surface area contributed by atoms with Crippen LogP contribution in [-0.2, 0) is 11.3 Å². The lowest BCUT2D eigenvalue weighted by atomic mass is 10.0. The molecule has 5 nitrogen and oxygen atoms in total. The van der Waals surface area contributed by atoms with Crippen LogP contribution >= 0.6 is 0 Å². The Bertz CT molecular complexity index is 347. The van der Waals surface area contributed by atoms with Gasteiger partial charge in [0.2, 0.25) is 6.39 Å². The number of hydrogen-bond donors (Lipinski definition) is 0. The molecule has 2 bridgehead atoms. The number of piperidine rings is 1. The highest BCUT2D eigenvalue weighted by Crippen LogP contribution is 2.34. The number of Topliss-reactive ketones (excluding diaryl/α,β-unsaturated/α-hetero) is 1. The number of aromatic nitrogens is 2. The van der Waals surface area contributed by atoms with Gasteiger partial charge >= 0.3 is 0 Å². The van der Waals surface area contributed by atoms with Crippen LogP contribution in [0.4, 0.5) is 0 Å². The predicted octanol–water partition coefficient (Wildman–Crippen LogP) is 0.766. The van der Waals surface area contributed by atoms with E-state index in [-0.39, 0.29) is 0 Å². The first kappa shape index (κ1) is 9.03. The molecule has 0 amide bonds. The van der Waals surface area contributed by atoms with E-state index in [2.05, 4.69) is 15.0 Å². The van der Waals surface area contributed by atoms with Crippen LogP contribution < -0.4 is 0 Å². The average molecular weight is 207 g/mol. The maximum atomic E-state index is 11.4. The van der Waals surface area contributed by atoms with Gasteiger partial charge in [-0.1, -0.05) is 5.16 Å². The molecule has 2 unspecified atom stereocenters. The van der Waals surface area contributed by atoms with Gasteiger partial charge in [0, 0.05) is 24.9 Å². The SMILES string of the molecule is O=C1CC2CCC(C1)N2Cc1ncon1. The third-order valence-electron chi connectivity index (χ3n) is 3.43. The predicted molar refractivity (Wildman–Crippen MR) is 50.9 cm³/mol. The normalized spacial score (nSPS) is 31.1. The van der Waals surface area contributed by atoms with Crippen LogP contribution in [0.15, 0.2) is 10.9 Å². The van der Waals surface area contributed by atoms with Gasteiger partial charge in [0.25, 0.3) is 0 Å². The highest BCUT2D eigenvalue weighted by molar-refractivity contribution is 5.80. The third-order valence-corrected chi connectivity index (χ3v) is 3.43. The Morgan fingerprint density at radius 2 is 2.13 bits per heavy atom. The molecule has 0 N–H and O–H groups in total. The number of rotatable bonds is 2. The molecule has 2 atom stereocenters. The maximum Gasteiger partial charge on any atom is 0.213 e. The summed E-state index contributed by atoms with van der Waals surface area (Å²) in [4.78, 5) is 17.8. The van der Waals surface area contributed by atoms with Crippen molar-refractivity contribution in [3.05, 3.63) is 12.2 Å². The van der Waals surface area contributed by atoms with Crippen LogP contribution in [0.1, 0.15) is 31.5 Å². The van der Waals surface area contributed by atoms with E-state index in [1.807, 2.05) is 0 Å². The van der Waals surface area contributed by atoms with Crippen LogP contribution in [0, 0.1) is 0 Å². The average Bonchev–Trinajstić information content (AvgIpc) is 2.77. The van der Waals surface area contributed by atoms with Crippen LogP contribution in [0.5, 0.6) is 0 Å². The number of carbonyl (C=O) groups is 1. The summed E-state index contributed by atoms with van der Waals surface area (Å²) in [5.41, 5.74) is 0. The first-order valence-electron chi connectivity index (χ1n) is 5.35. The molecule has 2 saturated heterocycles. The van der Waals surface area contributed by atoms with Crippen molar-refractivity contribution >= 4 is 5.78 Å². The van der Waals surface area contributed by atoms with Crippen molar-refractivity contribution in [2.75, 3.05) is 0 Å². The fourth-order valence-electron chi connectivity index (χ4n) is 2.75. The summed E-state index contributed by atoms with van der Waals surface area (Å²) in [5.74, 6) is 1.13. The zero-order valence-electron chi connectivity index (χ0n) is 8.43. The van der Waals surface area contributed by atoms with E-state index >= 15 is 0 Å². The maximum absolute atomic E-state index is 11.4. The van der Waals surface area contributed by atoms with E-state index < -0.39 is 0 Å². The van der Waals surface area contributed by atoms with Crippen molar-refractivity contribution in [1.82, 2.24) is 15.0 Å². The molecule has 1 aromatic rings. The van der Waals surface area contributed by atoms with E-state index in [4.69, 9.17) is 4.52 Å². The quantitative estimate of drug-likeness (QED) is 0.716. The van der Waals surface area contributed by atoms with Gasteiger partial charge in [0.1, 0.15) is 5.78 Å². The first-order valence-corrected chi connectivity index (χ1v) is 5.35. The Morgan fingerprint density at radius 1 is 1.40 bits per heavy atom. The van der Waals surface area contributed by atoms with Gasteiger partial charge in [0.15, 0.2) is 5.82 Å². The number of hydrogen-bond acceptors (Lipinski definition) is 5. The third kappa shape index (κ3) is 1.56. The number of fused-ring (bicyclic) bond motifs is 2. The number of ketones is 1. The van der Waals surface area contributed by atoms with E-state index in [9.17, 15) is 4.79 Å². The lowest BCUT2D eigenvalue weighted by Gasteiger charge is -2.32. The summed E-state index contributed by atoms with van der Waals surface area (Å²) in [5, 5.41) is 3.81. The van der Waals surface area contributed by atoms with Gasteiger partial charge in [-0.25, -0.2) is 0 Å². The Labute approximate surface area is 87.4 Å². The highest BCUT2D eigenvalue weighted by Gasteiger charge is 2.40. The molecule has 0 saturated carbocycles. The smallest absolute Gasteiger partial charge is 0.213 e. The van der Waals surface area contributed by atoms with Crippen molar-refractivity contribution in [3.8, 4) is 0 Å². The lowest BCUT2D eigenvalue weighted by Crippen LogP contribution is -2.42. The summed E-state index contributed by atoms with van der Waals surface area (Å²) in [6, 6.07) is 0.824. The number of carbonyl (C=O) groups excluding carboxylic acids is 1. The van der Waals surface area contributed by atoms with Gasteiger partial charge < -0.3 is 4.52 Å². The topological polar surface area (TPSA) is 59.2 Å². The van der Waals surface area contributed by atoms with Crippen LogP contribution in [0.2, 0.25) is 0 Å². The van der Waals surface area contributed by atoms with Gasteiger partial charge in [-0.2, -0.15) is 4.98 Å². The highest BCUT2D eigenvalue weighted by atomic mass is 16.5. The van der Waals surface area contributed by atoms with Gasteiger partial charge in [-0.15, -0.1) is 0 Å². The molecule has 5 heteroatoms. The summed E-state index contributed by atoms with van der Waals surface area (Å²) in [6.45, 7) is 0.721. The standard InChI is InChI=1S/C10H13N3O2/c14-9-3-7-1-2-8(4-9)13(7)5-10-11-6-15-12-10/h6-8H,1-5H2. The van der Waals surface area contributed by atoms with Crippen molar-refractivity contribution in [2.45, 2.75) is 44.3 Å².